The van der Waals surface area contributed by atoms with E-state index in [0.29, 0.717) is 30.4 Å². The van der Waals surface area contributed by atoms with Crippen LogP contribution in [0.2, 0.25) is 0 Å². The number of hydrogen-bond donors (Lipinski definition) is 3. The summed E-state index contributed by atoms with van der Waals surface area (Å²) < 4.78 is 0. The summed E-state index contributed by atoms with van der Waals surface area (Å²) in [6.07, 6.45) is 9.72. The molecule has 154 valence electrons. The molecule has 8 atom stereocenters. The van der Waals surface area contributed by atoms with E-state index < -0.39 is 16.6 Å². The molecule has 1 aromatic heterocycles. The average molecular weight is 386 g/mol. The maximum atomic E-state index is 12.2. The molecule has 5 rings (SSSR count). The zero-order valence-electron chi connectivity index (χ0n) is 17.3. The van der Waals surface area contributed by atoms with E-state index in [4.69, 9.17) is 0 Å². The molecule has 4 fully saturated rings. The molecule has 4 heteroatoms. The lowest BCUT2D eigenvalue weighted by molar-refractivity contribution is -0.239. The molecule has 0 radical (unpaired) electrons. The fraction of sp³-hybridized carbons (Fsp3) is 0.792. The van der Waals surface area contributed by atoms with Crippen LogP contribution in [0.3, 0.4) is 0 Å². The molecule has 0 aliphatic heterocycles. The first kappa shape index (κ1) is 19.0. The fourth-order valence-corrected chi connectivity index (χ4v) is 8.24. The second-order valence-electron chi connectivity index (χ2n) is 10.8. The molecule has 0 unspecified atom stereocenters. The van der Waals surface area contributed by atoms with Gasteiger partial charge in [-0.25, -0.2) is 0 Å². The quantitative estimate of drug-likeness (QED) is 0.688. The highest BCUT2D eigenvalue weighted by Gasteiger charge is 2.72. The van der Waals surface area contributed by atoms with E-state index in [1.807, 2.05) is 18.2 Å². The molecule has 4 nitrogen and oxygen atoms in total. The lowest BCUT2D eigenvalue weighted by Gasteiger charge is -2.64. The lowest BCUT2D eigenvalue weighted by Crippen LogP contribution is -2.64. The molecule has 0 amide bonds. The molecule has 0 saturated heterocycles. The first-order valence-corrected chi connectivity index (χ1v) is 11.3. The van der Waals surface area contributed by atoms with E-state index in [-0.39, 0.29) is 17.4 Å². The van der Waals surface area contributed by atoms with Gasteiger partial charge in [0.15, 0.2) is 0 Å². The maximum absolute atomic E-state index is 12.2. The Hall–Kier alpha value is -0.970. The zero-order valence-corrected chi connectivity index (χ0v) is 17.3. The van der Waals surface area contributed by atoms with Gasteiger partial charge in [0.1, 0.15) is 5.60 Å². The van der Waals surface area contributed by atoms with Crippen molar-refractivity contribution in [2.24, 2.45) is 28.6 Å². The maximum Gasteiger partial charge on any atom is 0.115 e. The first-order valence-electron chi connectivity index (χ1n) is 11.3. The molecule has 1 aromatic rings. The Balaban J connectivity index is 1.52. The number of hydrogen-bond acceptors (Lipinski definition) is 4. The molecule has 4 aliphatic carbocycles. The summed E-state index contributed by atoms with van der Waals surface area (Å²) in [5, 5.41) is 34.2. The Morgan fingerprint density at radius 2 is 1.75 bits per heavy atom. The normalized spacial score (nSPS) is 53.2. The number of aromatic nitrogens is 1. The molecule has 3 N–H and O–H groups in total. The molecule has 4 aliphatic rings. The van der Waals surface area contributed by atoms with Crippen molar-refractivity contribution in [1.29, 1.82) is 0 Å². The molecule has 0 spiro atoms. The van der Waals surface area contributed by atoms with Crippen molar-refractivity contribution in [2.45, 2.75) is 88.9 Å². The summed E-state index contributed by atoms with van der Waals surface area (Å²) in [4.78, 5) is 4.50. The van der Waals surface area contributed by atoms with Crippen molar-refractivity contribution in [2.75, 3.05) is 0 Å². The molecule has 0 aromatic carbocycles. The monoisotopic (exact) mass is 385 g/mol. The summed E-state index contributed by atoms with van der Waals surface area (Å²) >= 11 is 0. The van der Waals surface area contributed by atoms with Crippen LogP contribution in [0.15, 0.2) is 24.4 Å². The molecule has 28 heavy (non-hydrogen) atoms. The molecular weight excluding hydrogens is 350 g/mol. The summed E-state index contributed by atoms with van der Waals surface area (Å²) in [7, 11) is 0. The summed E-state index contributed by atoms with van der Waals surface area (Å²) in [6, 6.07) is 5.74. The largest absolute Gasteiger partial charge is 0.393 e. The van der Waals surface area contributed by atoms with Crippen LogP contribution in [0.4, 0.5) is 0 Å². The van der Waals surface area contributed by atoms with Gasteiger partial charge in [-0.15, -0.1) is 0 Å². The summed E-state index contributed by atoms with van der Waals surface area (Å²) in [5.74, 6) is 1.30. The number of rotatable bonds is 1. The van der Waals surface area contributed by atoms with Gasteiger partial charge in [0.25, 0.3) is 0 Å². The van der Waals surface area contributed by atoms with E-state index in [2.05, 4.69) is 18.8 Å². The van der Waals surface area contributed by atoms with Gasteiger partial charge in [-0.2, -0.15) is 0 Å². The van der Waals surface area contributed by atoms with Crippen molar-refractivity contribution < 1.29 is 15.3 Å². The van der Waals surface area contributed by atoms with Crippen LogP contribution >= 0.6 is 0 Å². The van der Waals surface area contributed by atoms with Gasteiger partial charge < -0.3 is 15.3 Å². The summed E-state index contributed by atoms with van der Waals surface area (Å²) in [6.45, 7) is 4.54. The van der Waals surface area contributed by atoms with Crippen molar-refractivity contribution in [3.05, 3.63) is 30.1 Å². The predicted molar refractivity (Wildman–Crippen MR) is 107 cm³/mol. The van der Waals surface area contributed by atoms with E-state index in [1.165, 1.54) is 0 Å². The Kier molecular flexibility index (Phi) is 4.09. The summed E-state index contributed by atoms with van der Waals surface area (Å²) in [5.41, 5.74) is -1.54. The number of pyridine rings is 1. The third kappa shape index (κ3) is 2.20. The Morgan fingerprint density at radius 3 is 2.50 bits per heavy atom. The highest BCUT2D eigenvalue weighted by Crippen LogP contribution is 2.71. The fourth-order valence-electron chi connectivity index (χ4n) is 8.24. The third-order valence-corrected chi connectivity index (χ3v) is 10.1. The Bertz CT molecular complexity index is 755. The Labute approximate surface area is 168 Å². The van der Waals surface area contributed by atoms with Gasteiger partial charge in [0.05, 0.1) is 17.4 Å². The van der Waals surface area contributed by atoms with E-state index >= 15 is 0 Å². The highest BCUT2D eigenvalue weighted by atomic mass is 16.3. The SMILES string of the molecule is C[C@]12CC[C@H](O)C[C@@H]1CC[C@@H]1[C@@H]2CC[C@]2(C)[C@@](O)(c3ccccn3)CC[C@]12O. The van der Waals surface area contributed by atoms with Gasteiger partial charge in [0.2, 0.25) is 0 Å². The zero-order chi connectivity index (χ0) is 19.8. The molecule has 4 saturated carbocycles. The number of fused-ring (bicyclic) bond motifs is 5. The van der Waals surface area contributed by atoms with Crippen LogP contribution in [0.25, 0.3) is 0 Å². The van der Waals surface area contributed by atoms with E-state index in [0.717, 1.165) is 44.9 Å². The minimum atomic E-state index is -1.06. The average Bonchev–Trinajstić information content (AvgIpc) is 2.91. The minimum Gasteiger partial charge on any atom is -0.393 e. The van der Waals surface area contributed by atoms with Crippen LogP contribution in [0.1, 0.15) is 77.3 Å². The number of aliphatic hydroxyl groups is 3. The smallest absolute Gasteiger partial charge is 0.115 e. The standard InChI is InChI=1S/C24H35NO3/c1-21-10-8-17(26)15-16(21)6-7-19-18(21)9-11-22(2)23(19,27)12-13-24(22,28)20-5-3-4-14-25-20/h3-5,14,16-19,26-28H,6-13,15H2,1-2H3/t16-,17-,18-,19+,21-,22-,23-,24-/m0/s1. The van der Waals surface area contributed by atoms with Crippen LogP contribution in [-0.4, -0.2) is 32.0 Å². The van der Waals surface area contributed by atoms with Gasteiger partial charge in [0, 0.05) is 11.6 Å². The van der Waals surface area contributed by atoms with Crippen molar-refractivity contribution in [3.63, 3.8) is 0 Å². The van der Waals surface area contributed by atoms with Crippen LogP contribution < -0.4 is 0 Å². The van der Waals surface area contributed by atoms with Crippen molar-refractivity contribution in [1.82, 2.24) is 4.98 Å². The van der Waals surface area contributed by atoms with Gasteiger partial charge in [-0.05, 0) is 93.1 Å². The first-order chi connectivity index (χ1) is 13.2. The highest BCUT2D eigenvalue weighted by molar-refractivity contribution is 5.28. The predicted octanol–water partition coefficient (Wildman–Crippen LogP) is 3.79. The minimum absolute atomic E-state index is 0.146. The van der Waals surface area contributed by atoms with Crippen molar-refractivity contribution >= 4 is 0 Å². The Morgan fingerprint density at radius 1 is 0.929 bits per heavy atom. The topological polar surface area (TPSA) is 73.6 Å². The van der Waals surface area contributed by atoms with Crippen LogP contribution in [0.5, 0.6) is 0 Å². The second-order valence-corrected chi connectivity index (χ2v) is 10.8. The third-order valence-electron chi connectivity index (χ3n) is 10.1. The van der Waals surface area contributed by atoms with Gasteiger partial charge in [-0.3, -0.25) is 4.98 Å². The lowest BCUT2D eigenvalue weighted by atomic mass is 9.43. The van der Waals surface area contributed by atoms with Crippen molar-refractivity contribution in [3.8, 4) is 0 Å². The number of nitrogens with zero attached hydrogens (tertiary/aromatic N) is 1. The second kappa shape index (κ2) is 6.02. The van der Waals surface area contributed by atoms with E-state index in [1.54, 1.807) is 6.20 Å². The van der Waals surface area contributed by atoms with E-state index in [9.17, 15) is 15.3 Å². The van der Waals surface area contributed by atoms with Crippen LogP contribution in [0, 0.1) is 28.6 Å². The number of aliphatic hydroxyl groups excluding tert-OH is 1. The molecular formula is C24H35NO3. The molecule has 1 heterocycles. The van der Waals surface area contributed by atoms with Gasteiger partial charge >= 0.3 is 0 Å². The van der Waals surface area contributed by atoms with Crippen LogP contribution in [-0.2, 0) is 5.60 Å². The van der Waals surface area contributed by atoms with Gasteiger partial charge in [-0.1, -0.05) is 19.9 Å². The molecule has 0 bridgehead atoms.